The standard InChI is InChI=1S/C29H30FN3O3S/c1-17-12-21-13-19(3-5-24(21)37-17)20-2-4-22(23(30)14-20)25-31-28(7-8-28)26(34)33(25)16-18-6-11-32(15-18)27(35)29(36)9-10-29/h2,4,12-14,18,36H,3,5-11,15-16H2,1H3/t18-/m1/s1. The van der Waals surface area contributed by atoms with Gasteiger partial charge in [0.2, 0.25) is 0 Å². The van der Waals surface area contributed by atoms with E-state index in [4.69, 9.17) is 4.99 Å². The van der Waals surface area contributed by atoms with Gasteiger partial charge in [0, 0.05) is 29.4 Å². The predicted octanol–water partition coefficient (Wildman–Crippen LogP) is 4.18. The highest BCUT2D eigenvalue weighted by Crippen LogP contribution is 2.47. The molecule has 1 aromatic heterocycles. The maximum absolute atomic E-state index is 15.6. The summed E-state index contributed by atoms with van der Waals surface area (Å²) in [5.41, 5.74) is 1.70. The highest BCUT2D eigenvalue weighted by molar-refractivity contribution is 7.12. The summed E-state index contributed by atoms with van der Waals surface area (Å²) in [5.74, 6) is -0.109. The van der Waals surface area contributed by atoms with Crippen molar-refractivity contribution in [3.05, 3.63) is 56.5 Å². The fourth-order valence-corrected chi connectivity index (χ4v) is 7.07. The van der Waals surface area contributed by atoms with Crippen molar-refractivity contribution < 1.29 is 19.1 Å². The lowest BCUT2D eigenvalue weighted by Gasteiger charge is -2.24. The molecule has 37 heavy (non-hydrogen) atoms. The van der Waals surface area contributed by atoms with Crippen LogP contribution in [0.4, 0.5) is 4.39 Å². The van der Waals surface area contributed by atoms with Crippen molar-refractivity contribution in [1.29, 1.82) is 0 Å². The van der Waals surface area contributed by atoms with Gasteiger partial charge < -0.3 is 10.0 Å². The molecular formula is C29H30FN3O3S. The Morgan fingerprint density at radius 2 is 2.03 bits per heavy atom. The number of rotatable bonds is 5. The number of benzene rings is 1. The van der Waals surface area contributed by atoms with Crippen LogP contribution >= 0.6 is 11.3 Å². The first kappa shape index (κ1) is 23.3. The number of aliphatic hydroxyl groups is 1. The van der Waals surface area contributed by atoms with Crippen LogP contribution in [0.15, 0.2) is 29.3 Å². The normalized spacial score (nSPS) is 24.8. The number of carbonyl (C=O) groups is 2. The van der Waals surface area contributed by atoms with E-state index in [0.717, 1.165) is 30.4 Å². The number of halogens is 1. The first-order valence-corrected chi connectivity index (χ1v) is 14.1. The topological polar surface area (TPSA) is 73.2 Å². The molecule has 3 heterocycles. The van der Waals surface area contributed by atoms with Gasteiger partial charge in [0.1, 0.15) is 22.8 Å². The minimum atomic E-state index is -1.18. The van der Waals surface area contributed by atoms with Crippen molar-refractivity contribution in [3.8, 4) is 0 Å². The fourth-order valence-electron chi connectivity index (χ4n) is 6.06. The number of hydrogen-bond acceptors (Lipinski definition) is 5. The van der Waals surface area contributed by atoms with Crippen LogP contribution in [0.3, 0.4) is 0 Å². The van der Waals surface area contributed by atoms with E-state index in [1.54, 1.807) is 21.9 Å². The Bertz CT molecular complexity index is 1400. The van der Waals surface area contributed by atoms with E-state index in [9.17, 15) is 14.7 Å². The summed E-state index contributed by atoms with van der Waals surface area (Å²) in [4.78, 5) is 36.7. The van der Waals surface area contributed by atoms with Crippen LogP contribution in [0.25, 0.3) is 11.6 Å². The highest BCUT2D eigenvalue weighted by atomic mass is 32.1. The molecule has 2 aliphatic heterocycles. The van der Waals surface area contributed by atoms with Gasteiger partial charge in [-0.05, 0) is 92.7 Å². The van der Waals surface area contributed by atoms with E-state index in [-0.39, 0.29) is 23.5 Å². The van der Waals surface area contributed by atoms with Gasteiger partial charge in [0.15, 0.2) is 0 Å². The third kappa shape index (κ3) is 3.87. The molecule has 7 rings (SSSR count). The van der Waals surface area contributed by atoms with Gasteiger partial charge in [-0.3, -0.25) is 19.5 Å². The lowest BCUT2D eigenvalue weighted by molar-refractivity contribution is -0.141. The van der Waals surface area contributed by atoms with Crippen molar-refractivity contribution in [1.82, 2.24) is 9.80 Å². The van der Waals surface area contributed by atoms with Crippen molar-refractivity contribution in [2.24, 2.45) is 10.9 Å². The van der Waals surface area contributed by atoms with Crippen LogP contribution < -0.4 is 0 Å². The van der Waals surface area contributed by atoms with Crippen LogP contribution in [0.2, 0.25) is 0 Å². The van der Waals surface area contributed by atoms with E-state index in [1.807, 2.05) is 17.4 Å². The van der Waals surface area contributed by atoms with E-state index in [2.05, 4.69) is 19.1 Å². The zero-order valence-electron chi connectivity index (χ0n) is 20.9. The Hall–Kier alpha value is -2.84. The van der Waals surface area contributed by atoms with Gasteiger partial charge in [0.05, 0.1) is 5.56 Å². The van der Waals surface area contributed by atoms with Crippen LogP contribution in [0.1, 0.15) is 65.0 Å². The number of amidine groups is 1. The molecule has 0 bridgehead atoms. The number of hydrogen-bond donors (Lipinski definition) is 1. The third-order valence-corrected chi connectivity index (χ3v) is 9.70. The first-order valence-electron chi connectivity index (χ1n) is 13.3. The molecule has 1 saturated heterocycles. The first-order chi connectivity index (χ1) is 17.7. The van der Waals surface area contributed by atoms with Gasteiger partial charge in [0.25, 0.3) is 11.8 Å². The summed E-state index contributed by atoms with van der Waals surface area (Å²) < 4.78 is 15.6. The zero-order valence-corrected chi connectivity index (χ0v) is 21.7. The monoisotopic (exact) mass is 519 g/mol. The summed E-state index contributed by atoms with van der Waals surface area (Å²) >= 11 is 1.83. The Kier molecular flexibility index (Phi) is 5.08. The molecule has 2 aromatic rings. The second-order valence-corrected chi connectivity index (χ2v) is 12.8. The number of thiophene rings is 1. The second kappa shape index (κ2) is 8.08. The molecule has 8 heteroatoms. The average molecular weight is 520 g/mol. The van der Waals surface area contributed by atoms with Crippen molar-refractivity contribution >= 4 is 40.6 Å². The molecule has 6 nitrogen and oxygen atoms in total. The maximum Gasteiger partial charge on any atom is 0.256 e. The Morgan fingerprint density at radius 3 is 2.76 bits per heavy atom. The fraction of sp³-hybridized carbons (Fsp3) is 0.483. The van der Waals surface area contributed by atoms with E-state index in [0.29, 0.717) is 56.7 Å². The number of aliphatic imine (C=N–C) groups is 1. The number of fused-ring (bicyclic) bond motifs is 1. The smallest absolute Gasteiger partial charge is 0.256 e. The average Bonchev–Trinajstić information content (AvgIpc) is 3.70. The van der Waals surface area contributed by atoms with Gasteiger partial charge in [-0.2, -0.15) is 0 Å². The third-order valence-electron chi connectivity index (χ3n) is 8.57. The zero-order chi connectivity index (χ0) is 25.5. The molecule has 192 valence electrons. The lowest BCUT2D eigenvalue weighted by atomic mass is 9.92. The number of likely N-dealkylation sites (tertiary alicyclic amines) is 1. The SMILES string of the molecule is Cc1cc2c(s1)CCC(c1ccc(C3=NC4(CC4)C(=O)N3C[C@@H]3CCN(C(=O)C4(O)CC4)C3)c(F)c1)=C2. The second-order valence-electron chi connectivity index (χ2n) is 11.4. The summed E-state index contributed by atoms with van der Waals surface area (Å²) in [6, 6.07) is 7.50. The summed E-state index contributed by atoms with van der Waals surface area (Å²) in [7, 11) is 0. The van der Waals surface area contributed by atoms with E-state index < -0.39 is 11.1 Å². The molecule has 1 spiro atoms. The molecule has 1 N–H and O–H groups in total. The number of aryl methyl sites for hydroxylation is 2. The minimum Gasteiger partial charge on any atom is -0.380 e. The van der Waals surface area contributed by atoms with E-state index >= 15 is 4.39 Å². The molecule has 3 fully saturated rings. The Morgan fingerprint density at radius 1 is 1.22 bits per heavy atom. The largest absolute Gasteiger partial charge is 0.380 e. The summed E-state index contributed by atoms with van der Waals surface area (Å²) in [6.45, 7) is 3.61. The highest BCUT2D eigenvalue weighted by Gasteiger charge is 2.58. The Labute approximate surface area is 219 Å². The van der Waals surface area contributed by atoms with E-state index in [1.165, 1.54) is 15.3 Å². The van der Waals surface area contributed by atoms with Gasteiger partial charge in [-0.25, -0.2) is 4.39 Å². The molecule has 0 unspecified atom stereocenters. The number of carbonyl (C=O) groups excluding carboxylic acids is 2. The maximum atomic E-state index is 15.6. The molecule has 0 radical (unpaired) electrons. The molecule has 2 saturated carbocycles. The minimum absolute atomic E-state index is 0.0491. The van der Waals surface area contributed by atoms with Crippen molar-refractivity contribution in [2.75, 3.05) is 19.6 Å². The molecule has 2 amide bonds. The quantitative estimate of drug-likeness (QED) is 0.644. The lowest BCUT2D eigenvalue weighted by Crippen LogP contribution is -2.42. The van der Waals surface area contributed by atoms with Crippen LogP contribution in [0, 0.1) is 18.7 Å². The number of amides is 2. The van der Waals surface area contributed by atoms with Crippen LogP contribution in [-0.4, -0.2) is 63.3 Å². The van der Waals surface area contributed by atoms with Gasteiger partial charge >= 0.3 is 0 Å². The summed E-state index contributed by atoms with van der Waals surface area (Å²) in [5, 5.41) is 10.2. The summed E-state index contributed by atoms with van der Waals surface area (Å²) in [6.07, 6.45) is 7.22. The van der Waals surface area contributed by atoms with Crippen molar-refractivity contribution in [2.45, 2.75) is 63.0 Å². The van der Waals surface area contributed by atoms with Crippen LogP contribution in [0.5, 0.6) is 0 Å². The molecule has 5 aliphatic rings. The number of nitrogens with zero attached hydrogens (tertiary/aromatic N) is 3. The van der Waals surface area contributed by atoms with Crippen LogP contribution in [-0.2, 0) is 16.0 Å². The van der Waals surface area contributed by atoms with Crippen molar-refractivity contribution in [3.63, 3.8) is 0 Å². The molecule has 3 aliphatic carbocycles. The molecular weight excluding hydrogens is 489 g/mol. The predicted molar refractivity (Wildman–Crippen MR) is 141 cm³/mol. The van der Waals surface area contributed by atoms with Gasteiger partial charge in [-0.1, -0.05) is 12.1 Å². The van der Waals surface area contributed by atoms with Gasteiger partial charge in [-0.15, -0.1) is 11.3 Å². The Balaban J connectivity index is 1.13. The molecule has 1 aromatic carbocycles. The molecule has 1 atom stereocenters. The number of allylic oxidation sites excluding steroid dienone is 1.